The van der Waals surface area contributed by atoms with Crippen molar-refractivity contribution in [3.63, 3.8) is 0 Å². The second-order valence-corrected chi connectivity index (χ2v) is 6.11. The molecule has 0 aliphatic heterocycles. The van der Waals surface area contributed by atoms with Crippen molar-refractivity contribution >= 4 is 23.3 Å². The normalized spacial score (nSPS) is 16.9. The molecule has 0 bridgehead atoms. The summed E-state index contributed by atoms with van der Waals surface area (Å²) in [7, 11) is 1.77. The van der Waals surface area contributed by atoms with Crippen molar-refractivity contribution in [1.82, 2.24) is 9.55 Å². The fourth-order valence-electron chi connectivity index (χ4n) is 2.80. The highest BCUT2D eigenvalue weighted by atomic mass is 32.1. The Bertz CT molecular complexity index is 652. The van der Waals surface area contributed by atoms with Gasteiger partial charge in [-0.05, 0) is 55.4 Å². The van der Waals surface area contributed by atoms with Crippen molar-refractivity contribution < 1.29 is 4.74 Å². The van der Waals surface area contributed by atoms with Crippen LogP contribution in [-0.4, -0.2) is 23.3 Å². The van der Waals surface area contributed by atoms with E-state index >= 15 is 0 Å². The summed E-state index contributed by atoms with van der Waals surface area (Å²) in [6.07, 6.45) is 3.71. The fourth-order valence-corrected chi connectivity index (χ4v) is 3.06. The SMILES string of the molecule is COCCC1(Cn2c(=S)[nH]c3c(C)cccc32)CC1. The average molecular weight is 276 g/mol. The number of H-pyrrole nitrogens is 1. The first-order chi connectivity index (χ1) is 9.15. The van der Waals surface area contributed by atoms with Gasteiger partial charge in [-0.2, -0.15) is 0 Å². The van der Waals surface area contributed by atoms with Gasteiger partial charge in [0.25, 0.3) is 0 Å². The maximum Gasteiger partial charge on any atom is 0.178 e. The number of hydrogen-bond donors (Lipinski definition) is 1. The number of hydrogen-bond acceptors (Lipinski definition) is 2. The first-order valence-electron chi connectivity index (χ1n) is 6.82. The largest absolute Gasteiger partial charge is 0.385 e. The zero-order chi connectivity index (χ0) is 13.5. The van der Waals surface area contributed by atoms with Gasteiger partial charge in [-0.25, -0.2) is 0 Å². The number of para-hydroxylation sites is 1. The Hall–Kier alpha value is -1.13. The van der Waals surface area contributed by atoms with Crippen molar-refractivity contribution in [3.8, 4) is 0 Å². The number of aromatic nitrogens is 2. The fraction of sp³-hybridized carbons (Fsp3) is 0.533. The molecule has 1 saturated carbocycles. The predicted octanol–water partition coefficient (Wildman–Crippen LogP) is 3.82. The number of fused-ring (bicyclic) bond motifs is 1. The molecule has 19 heavy (non-hydrogen) atoms. The quantitative estimate of drug-likeness (QED) is 0.841. The lowest BCUT2D eigenvalue weighted by Crippen LogP contribution is -2.14. The third kappa shape index (κ3) is 2.35. The molecular formula is C15H20N2OS. The zero-order valence-corrected chi connectivity index (χ0v) is 12.3. The van der Waals surface area contributed by atoms with E-state index in [9.17, 15) is 0 Å². The van der Waals surface area contributed by atoms with Crippen LogP contribution < -0.4 is 0 Å². The first kappa shape index (κ1) is 12.9. The van der Waals surface area contributed by atoms with E-state index in [1.165, 1.54) is 29.4 Å². The Balaban J connectivity index is 1.95. The van der Waals surface area contributed by atoms with E-state index in [0.29, 0.717) is 5.41 Å². The van der Waals surface area contributed by atoms with Crippen molar-refractivity contribution in [2.45, 2.75) is 32.7 Å². The minimum atomic E-state index is 0.410. The summed E-state index contributed by atoms with van der Waals surface area (Å²) < 4.78 is 8.34. The molecule has 1 aliphatic rings. The number of aryl methyl sites for hydroxylation is 1. The van der Waals surface area contributed by atoms with Gasteiger partial charge in [-0.15, -0.1) is 0 Å². The Morgan fingerprint density at radius 3 is 2.89 bits per heavy atom. The summed E-state index contributed by atoms with van der Waals surface area (Å²) in [6.45, 7) is 3.98. The summed E-state index contributed by atoms with van der Waals surface area (Å²) >= 11 is 5.50. The van der Waals surface area contributed by atoms with Gasteiger partial charge in [0.15, 0.2) is 4.77 Å². The third-order valence-corrected chi connectivity index (χ3v) is 4.63. The summed E-state index contributed by atoms with van der Waals surface area (Å²) in [4.78, 5) is 3.35. The summed E-state index contributed by atoms with van der Waals surface area (Å²) in [5.74, 6) is 0. The van der Waals surface area contributed by atoms with Crippen molar-refractivity contribution in [2.24, 2.45) is 5.41 Å². The van der Waals surface area contributed by atoms with Crippen LogP contribution in [0.3, 0.4) is 0 Å². The van der Waals surface area contributed by atoms with Gasteiger partial charge in [0.05, 0.1) is 11.0 Å². The molecule has 0 spiro atoms. The molecule has 0 unspecified atom stereocenters. The van der Waals surface area contributed by atoms with E-state index in [2.05, 4.69) is 34.7 Å². The molecule has 102 valence electrons. The van der Waals surface area contributed by atoms with Crippen LogP contribution in [-0.2, 0) is 11.3 Å². The second-order valence-electron chi connectivity index (χ2n) is 5.73. The molecule has 1 aliphatic carbocycles. The van der Waals surface area contributed by atoms with E-state index in [4.69, 9.17) is 17.0 Å². The molecule has 0 amide bonds. The monoisotopic (exact) mass is 276 g/mol. The van der Waals surface area contributed by atoms with Gasteiger partial charge in [0.2, 0.25) is 0 Å². The summed E-state index contributed by atoms with van der Waals surface area (Å²) in [5, 5.41) is 0. The summed E-state index contributed by atoms with van der Waals surface area (Å²) in [6, 6.07) is 6.38. The lowest BCUT2D eigenvalue weighted by molar-refractivity contribution is 0.167. The van der Waals surface area contributed by atoms with Gasteiger partial charge >= 0.3 is 0 Å². The molecule has 1 N–H and O–H groups in total. The molecule has 0 radical (unpaired) electrons. The van der Waals surface area contributed by atoms with E-state index in [1.54, 1.807) is 7.11 Å². The van der Waals surface area contributed by atoms with Crippen LogP contribution in [0.1, 0.15) is 24.8 Å². The third-order valence-electron chi connectivity index (χ3n) is 4.31. The molecule has 3 rings (SSSR count). The lowest BCUT2D eigenvalue weighted by Gasteiger charge is -2.16. The average Bonchev–Trinajstić information content (AvgIpc) is 3.09. The number of imidazole rings is 1. The van der Waals surface area contributed by atoms with E-state index in [0.717, 1.165) is 24.3 Å². The molecular weight excluding hydrogens is 256 g/mol. The van der Waals surface area contributed by atoms with Gasteiger partial charge in [-0.3, -0.25) is 0 Å². The maximum absolute atomic E-state index is 5.50. The standard InChI is InChI=1S/C15H20N2OS/c1-11-4-3-5-12-13(11)16-14(19)17(12)10-15(6-7-15)8-9-18-2/h3-5H,6-10H2,1-2H3,(H,16,19). The first-order valence-corrected chi connectivity index (χ1v) is 7.23. The molecule has 4 heteroatoms. The Labute approximate surface area is 118 Å². The van der Waals surface area contributed by atoms with Crippen LogP contribution in [0, 0.1) is 17.1 Å². The molecule has 0 saturated heterocycles. The van der Waals surface area contributed by atoms with Crippen molar-refractivity contribution in [3.05, 3.63) is 28.5 Å². The van der Waals surface area contributed by atoms with Gasteiger partial charge in [0.1, 0.15) is 0 Å². The van der Waals surface area contributed by atoms with Crippen LogP contribution >= 0.6 is 12.2 Å². The van der Waals surface area contributed by atoms with E-state index in [-0.39, 0.29) is 0 Å². The minimum Gasteiger partial charge on any atom is -0.385 e. The van der Waals surface area contributed by atoms with Crippen LogP contribution in [0.5, 0.6) is 0 Å². The molecule has 1 fully saturated rings. The minimum absolute atomic E-state index is 0.410. The Morgan fingerprint density at radius 2 is 2.21 bits per heavy atom. The number of nitrogens with one attached hydrogen (secondary N) is 1. The molecule has 2 aromatic rings. The number of aromatic amines is 1. The Morgan fingerprint density at radius 1 is 1.42 bits per heavy atom. The Kier molecular flexibility index (Phi) is 3.23. The van der Waals surface area contributed by atoms with E-state index < -0.39 is 0 Å². The van der Waals surface area contributed by atoms with Crippen molar-refractivity contribution in [2.75, 3.05) is 13.7 Å². The van der Waals surface area contributed by atoms with Crippen LogP contribution in [0.25, 0.3) is 11.0 Å². The number of rotatable bonds is 5. The molecule has 1 heterocycles. The number of methoxy groups -OCH3 is 1. The molecule has 3 nitrogen and oxygen atoms in total. The number of benzene rings is 1. The van der Waals surface area contributed by atoms with Crippen LogP contribution in [0.2, 0.25) is 0 Å². The highest BCUT2D eigenvalue weighted by Gasteiger charge is 2.42. The predicted molar refractivity (Wildman–Crippen MR) is 80.0 cm³/mol. The maximum atomic E-state index is 5.50. The zero-order valence-electron chi connectivity index (χ0n) is 11.5. The number of ether oxygens (including phenoxy) is 1. The smallest absolute Gasteiger partial charge is 0.178 e. The lowest BCUT2D eigenvalue weighted by atomic mass is 10.0. The van der Waals surface area contributed by atoms with Crippen LogP contribution in [0.4, 0.5) is 0 Å². The van der Waals surface area contributed by atoms with E-state index in [1.807, 2.05) is 0 Å². The second kappa shape index (κ2) is 4.76. The topological polar surface area (TPSA) is 29.9 Å². The van der Waals surface area contributed by atoms with Gasteiger partial charge in [0, 0.05) is 20.3 Å². The summed E-state index contributed by atoms with van der Waals surface area (Å²) in [5.41, 5.74) is 4.07. The highest BCUT2D eigenvalue weighted by Crippen LogP contribution is 2.50. The van der Waals surface area contributed by atoms with Crippen molar-refractivity contribution in [1.29, 1.82) is 0 Å². The highest BCUT2D eigenvalue weighted by molar-refractivity contribution is 7.71. The molecule has 1 aromatic heterocycles. The van der Waals surface area contributed by atoms with Gasteiger partial charge < -0.3 is 14.3 Å². The number of nitrogens with zero attached hydrogens (tertiary/aromatic N) is 1. The molecule has 0 atom stereocenters. The molecule has 1 aromatic carbocycles. The van der Waals surface area contributed by atoms with Gasteiger partial charge in [-0.1, -0.05) is 12.1 Å². The van der Waals surface area contributed by atoms with Crippen LogP contribution in [0.15, 0.2) is 18.2 Å².